The van der Waals surface area contributed by atoms with Crippen LogP contribution in [0.1, 0.15) is 87.2 Å². The molecular formula is C55H70N4O10. The summed E-state index contributed by atoms with van der Waals surface area (Å²) in [5.74, 6) is -1.61. The van der Waals surface area contributed by atoms with Crippen LogP contribution in [-0.4, -0.2) is 140 Å². The number of hydrogen-bond donors (Lipinski definition) is 3. The Hall–Kier alpha value is -5.25. The number of nitrogens with one attached hydrogen (secondary N) is 1. The molecule has 10 rings (SSSR count). The molecule has 5 aliphatic heterocycles. The maximum Gasteiger partial charge on any atom is 0.344 e. The molecule has 1 spiro atoms. The molecule has 1 saturated carbocycles. The van der Waals surface area contributed by atoms with Crippen molar-refractivity contribution < 1.29 is 53.1 Å². The molecule has 3 aromatic carbocycles. The summed E-state index contributed by atoms with van der Waals surface area (Å²) in [6.07, 6.45) is 6.75. The number of H-pyrrole nitrogens is 1. The molecule has 6 heterocycles. The lowest BCUT2D eigenvalue weighted by atomic mass is 9.47. The third-order valence-corrected chi connectivity index (χ3v) is 17.6. The number of nitrogens with zero attached hydrogens (tertiary/aromatic N) is 3. The molecule has 1 unspecified atom stereocenters. The van der Waals surface area contributed by atoms with E-state index in [9.17, 15) is 19.8 Å². The number of ether oxygens (including phenoxy) is 4. The fourth-order valence-electron chi connectivity index (χ4n) is 15.4. The Morgan fingerprint density at radius 2 is 1.64 bits per heavy atom. The molecule has 6 aliphatic rings. The van der Waals surface area contributed by atoms with Crippen molar-refractivity contribution in [1.29, 1.82) is 0 Å². The first kappa shape index (κ1) is 48.8. The fourth-order valence-corrected chi connectivity index (χ4v) is 15.4. The molecule has 10 atom stereocenters. The van der Waals surface area contributed by atoms with E-state index >= 15 is 4.79 Å². The van der Waals surface area contributed by atoms with Crippen LogP contribution in [0.15, 0.2) is 78.9 Å². The van der Waals surface area contributed by atoms with Crippen molar-refractivity contribution in [3.05, 3.63) is 107 Å². The van der Waals surface area contributed by atoms with Gasteiger partial charge in [-0.05, 0) is 68.3 Å². The van der Waals surface area contributed by atoms with E-state index < -0.39 is 57.5 Å². The Morgan fingerprint density at radius 1 is 0.913 bits per heavy atom. The van der Waals surface area contributed by atoms with E-state index in [2.05, 4.69) is 71.4 Å². The minimum Gasteiger partial charge on any atom is -0.857 e. The van der Waals surface area contributed by atoms with Crippen LogP contribution in [0.2, 0.25) is 0 Å². The highest BCUT2D eigenvalue weighted by atomic mass is 16.6. The number of aromatic amines is 1. The number of methoxy groups -OCH3 is 3. The van der Waals surface area contributed by atoms with Crippen LogP contribution in [0.25, 0.3) is 10.9 Å². The number of aliphatic hydroxyl groups is 2. The van der Waals surface area contributed by atoms with Gasteiger partial charge in [-0.1, -0.05) is 74.5 Å². The molecule has 2 bridgehead atoms. The number of carbonyl (C=O) groups excluding carboxylic acids is 3. The Labute approximate surface area is 405 Å². The lowest BCUT2D eigenvalue weighted by Gasteiger charge is -2.63. The number of hydrogen-bond acceptors (Lipinski definition) is 12. The van der Waals surface area contributed by atoms with Crippen molar-refractivity contribution >= 4 is 34.5 Å². The van der Waals surface area contributed by atoms with Gasteiger partial charge in [-0.2, -0.15) is 7.11 Å². The zero-order chi connectivity index (χ0) is 49.3. The lowest BCUT2D eigenvalue weighted by Crippen LogP contribution is -2.81. The number of benzene rings is 3. The van der Waals surface area contributed by atoms with Gasteiger partial charge in [0.15, 0.2) is 6.10 Å². The van der Waals surface area contributed by atoms with E-state index in [-0.39, 0.29) is 12.0 Å². The van der Waals surface area contributed by atoms with Crippen molar-refractivity contribution in [2.45, 2.75) is 112 Å². The highest BCUT2D eigenvalue weighted by Crippen LogP contribution is 2.68. The number of para-hydroxylation sites is 1. The van der Waals surface area contributed by atoms with Gasteiger partial charge in [-0.25, -0.2) is 4.79 Å². The topological polar surface area (TPSA) is 174 Å². The first-order valence-corrected chi connectivity index (χ1v) is 24.7. The molecule has 1 aromatic heterocycles. The number of aromatic nitrogens is 1. The normalized spacial score (nSPS) is 34.3. The SMILES string of the molecule is CC[C@]1(O)C[C@@H]2C[C@](C(=O)OC)(c3cc4c(cc3OC)N(C)[C@H]3[C@@](O)(C(=O)OC)[C@H](OC(C)=O)[C@]5(CC)C=CCN6CC[C@]43[C@@H]65)c3[nH]c4ccccc4c3CCC[N+](Cc3ccccc3)(C2)C1.C[O-]. The van der Waals surface area contributed by atoms with Gasteiger partial charge in [-0.15, -0.1) is 0 Å². The minimum atomic E-state index is -2.32. The van der Waals surface area contributed by atoms with E-state index in [1.54, 1.807) is 7.11 Å². The van der Waals surface area contributed by atoms with Crippen LogP contribution >= 0.6 is 0 Å². The molecule has 370 valence electrons. The average Bonchev–Trinajstić information content (AvgIpc) is 4.01. The second kappa shape index (κ2) is 17.9. The fraction of sp³-hybridized carbons (Fsp3) is 0.545. The van der Waals surface area contributed by atoms with Gasteiger partial charge in [0.05, 0.1) is 40.5 Å². The first-order valence-electron chi connectivity index (χ1n) is 24.7. The molecular weight excluding hydrogens is 877 g/mol. The lowest BCUT2D eigenvalue weighted by molar-refractivity contribution is -0.955. The van der Waals surface area contributed by atoms with Crippen molar-refractivity contribution in [1.82, 2.24) is 9.88 Å². The van der Waals surface area contributed by atoms with Crippen LogP contribution < -0.4 is 14.7 Å². The van der Waals surface area contributed by atoms with E-state index in [1.165, 1.54) is 26.7 Å². The van der Waals surface area contributed by atoms with Crippen molar-refractivity contribution in [3.8, 4) is 5.75 Å². The van der Waals surface area contributed by atoms with Gasteiger partial charge in [0.25, 0.3) is 0 Å². The van der Waals surface area contributed by atoms with Gasteiger partial charge in [-0.3, -0.25) is 14.5 Å². The van der Waals surface area contributed by atoms with E-state index in [1.807, 2.05) is 43.1 Å². The average molecular weight is 947 g/mol. The summed E-state index contributed by atoms with van der Waals surface area (Å²) < 4.78 is 25.0. The van der Waals surface area contributed by atoms with E-state index in [0.717, 1.165) is 66.6 Å². The molecule has 3 fully saturated rings. The van der Waals surface area contributed by atoms with Gasteiger partial charge < -0.3 is 48.6 Å². The molecule has 1 aliphatic carbocycles. The van der Waals surface area contributed by atoms with E-state index in [0.29, 0.717) is 74.0 Å². The molecule has 0 radical (unpaired) electrons. The Balaban J connectivity index is 0.00000293. The predicted molar refractivity (Wildman–Crippen MR) is 260 cm³/mol. The molecule has 2 saturated heterocycles. The highest BCUT2D eigenvalue weighted by molar-refractivity contribution is 5.95. The first-order chi connectivity index (χ1) is 33.1. The van der Waals surface area contributed by atoms with Crippen LogP contribution in [0.5, 0.6) is 5.75 Å². The smallest absolute Gasteiger partial charge is 0.344 e. The van der Waals surface area contributed by atoms with Crippen LogP contribution in [-0.2, 0) is 52.4 Å². The summed E-state index contributed by atoms with van der Waals surface area (Å²) >= 11 is 0. The summed E-state index contributed by atoms with van der Waals surface area (Å²) in [7, 11) is 6.97. The molecule has 0 amide bonds. The van der Waals surface area contributed by atoms with Crippen LogP contribution in [0, 0.1) is 11.3 Å². The molecule has 14 nitrogen and oxygen atoms in total. The second-order valence-electron chi connectivity index (χ2n) is 20.9. The number of quaternary nitrogens is 1. The summed E-state index contributed by atoms with van der Waals surface area (Å²) in [6, 6.07) is 21.6. The summed E-state index contributed by atoms with van der Waals surface area (Å²) in [5.41, 5.74) is -0.535. The predicted octanol–water partition coefficient (Wildman–Crippen LogP) is 5.07. The largest absolute Gasteiger partial charge is 0.857 e. The Bertz CT molecular complexity index is 2650. The number of anilines is 1. The van der Waals surface area contributed by atoms with Crippen molar-refractivity contribution in [2.24, 2.45) is 11.3 Å². The molecule has 4 aromatic rings. The molecule has 3 N–H and O–H groups in total. The maximum atomic E-state index is 15.8. The number of esters is 3. The minimum absolute atomic E-state index is 0.146. The van der Waals surface area contributed by atoms with Gasteiger partial charge in [0, 0.05) is 89.2 Å². The van der Waals surface area contributed by atoms with E-state index in [4.69, 9.17) is 24.1 Å². The number of carbonyl (C=O) groups is 3. The highest BCUT2D eigenvalue weighted by Gasteiger charge is 2.80. The zero-order valence-electron chi connectivity index (χ0n) is 41.5. The quantitative estimate of drug-likeness (QED) is 0.0882. The summed E-state index contributed by atoms with van der Waals surface area (Å²) in [4.78, 5) is 51.7. The number of likely N-dealkylation sites (N-methyl/N-ethyl adjacent to an activating group) is 1. The van der Waals surface area contributed by atoms with Gasteiger partial charge in [0.1, 0.15) is 29.9 Å². The van der Waals surface area contributed by atoms with Crippen molar-refractivity contribution in [2.75, 3.05) is 73.1 Å². The monoisotopic (exact) mass is 947 g/mol. The van der Waals surface area contributed by atoms with Crippen LogP contribution in [0.4, 0.5) is 5.69 Å². The number of piperidine rings is 1. The Morgan fingerprint density at radius 3 is 2.32 bits per heavy atom. The molecule has 14 heteroatoms. The van der Waals surface area contributed by atoms with Crippen LogP contribution in [0.3, 0.4) is 0 Å². The van der Waals surface area contributed by atoms with Gasteiger partial charge in [0.2, 0.25) is 5.60 Å². The maximum absolute atomic E-state index is 15.8. The summed E-state index contributed by atoms with van der Waals surface area (Å²) in [6.45, 7) is 9.68. The number of rotatable bonds is 9. The zero-order valence-corrected chi connectivity index (χ0v) is 41.5. The van der Waals surface area contributed by atoms with Crippen molar-refractivity contribution in [3.63, 3.8) is 0 Å². The molecule has 69 heavy (non-hydrogen) atoms. The standard InChI is InChI=1S/C54H67N4O9.CH3O/c1-8-50(62)29-36-30-53(48(60)65-6,44-38(37-19-13-14-21-41(37)55-44)20-15-26-58(32-36,33-50)31-35-17-11-10-12-18-35)40-27-39-42(28-43(40)64-5)56(4)46-52(39)23-25-57-24-16-22-51(9-2,45(52)57)47(67-34(3)59)54(46,63)49(61)66-7;1-2/h10-14,16-19,21-22,27-28,36,45-47,55,62-63H,8-9,15,20,23-26,29-33H2,1-7H3;1H3/q+1;-1/t36-,45+,46-,47-,50+,51-,52-,53+,54+,58?;/m1./s1. The second-order valence-corrected chi connectivity index (χ2v) is 20.9. The number of aryl methyl sites for hydroxylation is 1. The summed E-state index contributed by atoms with van der Waals surface area (Å²) in [5, 5.41) is 35.5. The van der Waals surface area contributed by atoms with Gasteiger partial charge >= 0.3 is 17.9 Å². The Kier molecular flexibility index (Phi) is 12.6. The number of fused-ring (bicyclic) bond motifs is 6. The third kappa shape index (κ3) is 7.01. The third-order valence-electron chi connectivity index (χ3n) is 17.6.